The van der Waals surface area contributed by atoms with Crippen molar-refractivity contribution in [3.63, 3.8) is 0 Å². The lowest BCUT2D eigenvalue weighted by molar-refractivity contribution is -0.138. The summed E-state index contributed by atoms with van der Waals surface area (Å²) in [5, 5.41) is 3.54. The molecule has 4 rings (SSSR count). The van der Waals surface area contributed by atoms with Crippen LogP contribution in [0.1, 0.15) is 71.9 Å². The van der Waals surface area contributed by atoms with Crippen LogP contribution in [0.5, 0.6) is 0 Å². The number of pyridine rings is 1. The van der Waals surface area contributed by atoms with Crippen molar-refractivity contribution in [3.05, 3.63) is 59.8 Å². The second kappa shape index (κ2) is 17.8. The molecule has 10 nitrogen and oxygen atoms in total. The maximum Gasteiger partial charge on any atom is 0.418 e. The Bertz CT molecular complexity index is 1850. The van der Waals surface area contributed by atoms with Gasteiger partial charge in [0.2, 0.25) is 5.91 Å². The molecule has 3 aromatic rings. The number of thioether (sulfide) groups is 1. The van der Waals surface area contributed by atoms with Crippen LogP contribution in [0.15, 0.2) is 53.6 Å². The molecule has 1 saturated heterocycles. The van der Waals surface area contributed by atoms with E-state index < -0.39 is 52.6 Å². The second-order valence-electron chi connectivity index (χ2n) is 15.6. The molecule has 56 heavy (non-hydrogen) atoms. The maximum atomic E-state index is 14.5. The predicted molar refractivity (Wildman–Crippen MR) is 204 cm³/mol. The fraction of sp³-hybridized carbons (Fsp3) is 0.538. The van der Waals surface area contributed by atoms with Crippen molar-refractivity contribution < 1.29 is 50.2 Å². The molecule has 2 heterocycles. The van der Waals surface area contributed by atoms with Crippen molar-refractivity contribution in [2.24, 2.45) is 5.92 Å². The lowest BCUT2D eigenvalue weighted by Gasteiger charge is -2.32. The number of ether oxygens (including phenoxy) is 2. The zero-order valence-electron chi connectivity index (χ0n) is 32.6. The van der Waals surface area contributed by atoms with E-state index in [1.165, 1.54) is 25.4 Å². The van der Waals surface area contributed by atoms with E-state index in [1.54, 1.807) is 64.3 Å². The number of carbonyl (C=O) groups excluding carboxylic acids is 3. The molecular formula is C39H49F6N5O5S. The van der Waals surface area contributed by atoms with Gasteiger partial charge in [0, 0.05) is 74.1 Å². The first-order valence-electron chi connectivity index (χ1n) is 18.2. The first kappa shape index (κ1) is 44.3. The number of halogens is 6. The van der Waals surface area contributed by atoms with Gasteiger partial charge >= 0.3 is 24.5 Å². The molecule has 1 fully saturated rings. The van der Waals surface area contributed by atoms with E-state index >= 15 is 0 Å². The molecule has 0 unspecified atom stereocenters. The minimum absolute atomic E-state index is 0.0342. The first-order valence-corrected chi connectivity index (χ1v) is 19.2. The number of aromatic nitrogens is 1. The summed E-state index contributed by atoms with van der Waals surface area (Å²) < 4.78 is 93.8. The Kier molecular flexibility index (Phi) is 14.1. The highest BCUT2D eigenvalue weighted by Crippen LogP contribution is 2.39. The Hall–Kier alpha value is -4.41. The topological polar surface area (TPSA) is 104 Å². The third kappa shape index (κ3) is 12.8. The summed E-state index contributed by atoms with van der Waals surface area (Å²) in [5.41, 5.74) is -3.77. The Morgan fingerprint density at radius 3 is 2.11 bits per heavy atom. The van der Waals surface area contributed by atoms with Gasteiger partial charge in [-0.1, -0.05) is 6.07 Å². The van der Waals surface area contributed by atoms with Crippen LogP contribution in [0.3, 0.4) is 0 Å². The molecule has 1 N–H and O–H groups in total. The molecule has 0 aliphatic carbocycles. The molecule has 0 atom stereocenters. The molecule has 17 heteroatoms. The van der Waals surface area contributed by atoms with Gasteiger partial charge in [0.05, 0.1) is 22.3 Å². The van der Waals surface area contributed by atoms with Crippen molar-refractivity contribution in [3.8, 4) is 0 Å². The van der Waals surface area contributed by atoms with Crippen LogP contribution in [0.25, 0.3) is 10.9 Å². The lowest BCUT2D eigenvalue weighted by Crippen LogP contribution is -2.44. The summed E-state index contributed by atoms with van der Waals surface area (Å²) in [7, 11) is 1.41. The number of likely N-dealkylation sites (tertiary alicyclic amines) is 1. The third-order valence-corrected chi connectivity index (χ3v) is 10.0. The van der Waals surface area contributed by atoms with Gasteiger partial charge < -0.3 is 24.6 Å². The van der Waals surface area contributed by atoms with Gasteiger partial charge in [-0.2, -0.15) is 26.3 Å². The highest BCUT2D eigenvalue weighted by molar-refractivity contribution is 7.99. The summed E-state index contributed by atoms with van der Waals surface area (Å²) >= 11 is 1.54. The fourth-order valence-corrected chi connectivity index (χ4v) is 7.10. The van der Waals surface area contributed by atoms with Crippen molar-refractivity contribution >= 4 is 52.1 Å². The van der Waals surface area contributed by atoms with Gasteiger partial charge in [0.1, 0.15) is 11.2 Å². The minimum Gasteiger partial charge on any atom is -0.444 e. The second-order valence-corrected chi connectivity index (χ2v) is 16.7. The summed E-state index contributed by atoms with van der Waals surface area (Å²) in [5.74, 6) is 0.840. The van der Waals surface area contributed by atoms with Crippen LogP contribution in [-0.2, 0) is 26.6 Å². The molecule has 1 aliphatic heterocycles. The number of benzene rings is 2. The van der Waals surface area contributed by atoms with Crippen LogP contribution >= 0.6 is 11.8 Å². The van der Waals surface area contributed by atoms with Gasteiger partial charge in [-0.05, 0) is 96.7 Å². The number of hydrogen-bond donors (Lipinski definition) is 1. The van der Waals surface area contributed by atoms with Gasteiger partial charge in [-0.15, -0.1) is 11.8 Å². The normalized spacial score (nSPS) is 14.4. The maximum absolute atomic E-state index is 14.5. The number of nitrogens with zero attached hydrogens (tertiary/aromatic N) is 4. The number of amides is 3. The predicted octanol–water partition coefficient (Wildman–Crippen LogP) is 9.71. The third-order valence-electron chi connectivity index (χ3n) is 8.71. The van der Waals surface area contributed by atoms with Crippen LogP contribution < -0.4 is 10.2 Å². The minimum atomic E-state index is -4.87. The first-order chi connectivity index (χ1) is 25.9. The van der Waals surface area contributed by atoms with E-state index in [1.807, 2.05) is 0 Å². The summed E-state index contributed by atoms with van der Waals surface area (Å²) in [6.07, 6.45) is -8.08. The van der Waals surface area contributed by atoms with E-state index in [-0.39, 0.29) is 49.1 Å². The fourth-order valence-electron chi connectivity index (χ4n) is 5.87. The standard InChI is InChI=1S/C39H49F6N5O5S/c1-36(2,3)54-34(52)48(7)20-21-50(35(53)55-37(4,5)6)31-11-9-27(23-29(31)39(43,44)45)46-17-13-33(51)49-18-14-25(15-19-49)24-56-32-12-16-47-30-22-26(38(40,41)42)8-10-28(30)32/h8-12,16,22-23,25,46H,13-15,17-21,24H2,1-7H3. The monoisotopic (exact) mass is 813 g/mol. The van der Waals surface area contributed by atoms with E-state index in [2.05, 4.69) is 10.3 Å². The Balaban J connectivity index is 1.34. The molecule has 0 spiro atoms. The summed E-state index contributed by atoms with van der Waals surface area (Å²) in [6, 6.07) is 8.73. The summed E-state index contributed by atoms with van der Waals surface area (Å²) in [4.78, 5) is 47.5. The number of carbonyl (C=O) groups is 3. The highest BCUT2D eigenvalue weighted by atomic mass is 32.2. The zero-order chi connectivity index (χ0) is 41.6. The summed E-state index contributed by atoms with van der Waals surface area (Å²) in [6.45, 7) is 10.4. The van der Waals surface area contributed by atoms with E-state index in [9.17, 15) is 40.7 Å². The van der Waals surface area contributed by atoms with Crippen molar-refractivity contribution in [2.75, 3.05) is 55.7 Å². The zero-order valence-corrected chi connectivity index (χ0v) is 33.4. The highest BCUT2D eigenvalue weighted by Gasteiger charge is 2.38. The SMILES string of the molecule is CN(CCN(C(=O)OC(C)(C)C)c1ccc(NCCC(=O)N2CCC(CSc3ccnc4cc(C(F)(F)F)ccc34)CC2)cc1C(F)(F)F)C(=O)OC(C)(C)C. The van der Waals surface area contributed by atoms with Crippen LogP contribution in [0.4, 0.5) is 47.3 Å². The Morgan fingerprint density at radius 2 is 1.50 bits per heavy atom. The molecule has 3 amide bonds. The molecule has 1 aromatic heterocycles. The number of piperidine rings is 1. The number of alkyl halides is 6. The van der Waals surface area contributed by atoms with E-state index in [0.29, 0.717) is 24.2 Å². The van der Waals surface area contributed by atoms with E-state index in [0.717, 1.165) is 51.8 Å². The average Bonchev–Trinajstić information content (AvgIpc) is 3.08. The number of hydrogen-bond acceptors (Lipinski definition) is 8. The van der Waals surface area contributed by atoms with Crippen LogP contribution in [0.2, 0.25) is 0 Å². The average molecular weight is 814 g/mol. The molecule has 308 valence electrons. The Morgan fingerprint density at radius 1 is 0.857 bits per heavy atom. The van der Waals surface area contributed by atoms with Gasteiger partial charge in [0.25, 0.3) is 0 Å². The van der Waals surface area contributed by atoms with Crippen molar-refractivity contribution in [1.82, 2.24) is 14.8 Å². The van der Waals surface area contributed by atoms with Crippen LogP contribution in [-0.4, -0.2) is 89.6 Å². The number of likely N-dealkylation sites (N-methyl/N-ethyl adjacent to an activating group) is 1. The molecule has 0 radical (unpaired) electrons. The number of fused-ring (bicyclic) bond motifs is 1. The van der Waals surface area contributed by atoms with Gasteiger partial charge in [-0.25, -0.2) is 9.59 Å². The lowest BCUT2D eigenvalue weighted by atomic mass is 9.99. The van der Waals surface area contributed by atoms with Crippen molar-refractivity contribution in [1.29, 1.82) is 0 Å². The number of anilines is 2. The largest absolute Gasteiger partial charge is 0.444 e. The Labute approximate surface area is 327 Å². The van der Waals surface area contributed by atoms with Gasteiger partial charge in [-0.3, -0.25) is 14.7 Å². The van der Waals surface area contributed by atoms with Crippen molar-refractivity contribution in [2.45, 2.75) is 89.3 Å². The molecule has 1 aliphatic rings. The number of nitrogens with one attached hydrogen (secondary N) is 1. The molecular weight excluding hydrogens is 765 g/mol. The van der Waals surface area contributed by atoms with Gasteiger partial charge in [0.15, 0.2) is 0 Å². The number of rotatable bonds is 11. The van der Waals surface area contributed by atoms with Crippen LogP contribution in [0, 0.1) is 5.92 Å². The molecule has 0 bridgehead atoms. The smallest absolute Gasteiger partial charge is 0.418 e. The molecule has 2 aromatic carbocycles. The molecule has 0 saturated carbocycles. The quantitative estimate of drug-likeness (QED) is 0.151. The van der Waals surface area contributed by atoms with E-state index in [4.69, 9.17) is 9.47 Å².